The summed E-state index contributed by atoms with van der Waals surface area (Å²) in [5.41, 5.74) is 1.01. The second-order valence-electron chi connectivity index (χ2n) is 10.2. The van der Waals surface area contributed by atoms with Gasteiger partial charge in [0.15, 0.2) is 11.5 Å². The van der Waals surface area contributed by atoms with Crippen LogP contribution in [0, 0.1) is 0 Å². The minimum Gasteiger partial charge on any atom is -0.493 e. The quantitative estimate of drug-likeness (QED) is 0.289. The largest absolute Gasteiger partial charge is 0.493 e. The van der Waals surface area contributed by atoms with Crippen LogP contribution in [0.3, 0.4) is 0 Å². The Morgan fingerprint density at radius 1 is 0.952 bits per heavy atom. The van der Waals surface area contributed by atoms with Crippen LogP contribution in [0.2, 0.25) is 0 Å². The van der Waals surface area contributed by atoms with E-state index in [-0.39, 0.29) is 29.1 Å². The van der Waals surface area contributed by atoms with Crippen molar-refractivity contribution in [2.24, 2.45) is 0 Å². The lowest BCUT2D eigenvalue weighted by molar-refractivity contribution is -0.139. The van der Waals surface area contributed by atoms with Crippen molar-refractivity contribution in [1.29, 1.82) is 0 Å². The van der Waals surface area contributed by atoms with Crippen molar-refractivity contribution in [1.82, 2.24) is 10.2 Å². The predicted molar refractivity (Wildman–Crippen MR) is 165 cm³/mol. The summed E-state index contributed by atoms with van der Waals surface area (Å²) in [6, 6.07) is 19.3. The minimum absolute atomic E-state index is 0.0261. The van der Waals surface area contributed by atoms with Crippen LogP contribution in [0.5, 0.6) is 11.5 Å². The molecular weight excluding hydrogens is 622 g/mol. The molecule has 1 atom stereocenters. The number of sulfonamides is 1. The lowest BCUT2D eigenvalue weighted by Crippen LogP contribution is -2.52. The lowest BCUT2D eigenvalue weighted by atomic mass is 10.1. The molecule has 9 nitrogen and oxygen atoms in total. The lowest BCUT2D eigenvalue weighted by Gasteiger charge is -2.32. The number of carbonyl (C=O) groups is 2. The molecule has 3 aromatic carbocycles. The van der Waals surface area contributed by atoms with Crippen LogP contribution in [-0.4, -0.2) is 58.0 Å². The molecule has 0 heterocycles. The fourth-order valence-corrected chi connectivity index (χ4v) is 6.91. The molecule has 3 aromatic rings. The van der Waals surface area contributed by atoms with Crippen LogP contribution in [0.4, 0.5) is 5.69 Å². The Hall–Kier alpha value is -3.57. The number of anilines is 1. The van der Waals surface area contributed by atoms with Gasteiger partial charge in [-0.3, -0.25) is 13.9 Å². The Morgan fingerprint density at radius 2 is 1.64 bits per heavy atom. The second kappa shape index (κ2) is 14.1. The van der Waals surface area contributed by atoms with Gasteiger partial charge in [0.05, 0.1) is 24.8 Å². The van der Waals surface area contributed by atoms with Gasteiger partial charge < -0.3 is 19.7 Å². The maximum Gasteiger partial charge on any atom is 0.264 e. The first kappa shape index (κ1) is 31.4. The van der Waals surface area contributed by atoms with Gasteiger partial charge in [-0.05, 0) is 61.7 Å². The fourth-order valence-electron chi connectivity index (χ4n) is 5.04. The third-order valence-electron chi connectivity index (χ3n) is 7.38. The normalized spacial score (nSPS) is 14.2. The number of nitrogens with one attached hydrogen (secondary N) is 1. The predicted octanol–water partition coefficient (Wildman–Crippen LogP) is 5.14. The summed E-state index contributed by atoms with van der Waals surface area (Å²) in [5.74, 6) is -0.0729. The fraction of sp³-hybridized carbons (Fsp3) is 0.355. The summed E-state index contributed by atoms with van der Waals surface area (Å²) >= 11 is 3.47. The van der Waals surface area contributed by atoms with Crippen LogP contribution in [0.15, 0.2) is 82.2 Å². The second-order valence-corrected chi connectivity index (χ2v) is 13.0. The zero-order valence-electron chi connectivity index (χ0n) is 24.0. The molecule has 224 valence electrons. The van der Waals surface area contributed by atoms with Gasteiger partial charge in [-0.1, -0.05) is 59.1 Å². The van der Waals surface area contributed by atoms with Crippen LogP contribution in [0.25, 0.3) is 0 Å². The number of methoxy groups -OCH3 is 2. The van der Waals surface area contributed by atoms with Crippen molar-refractivity contribution in [2.45, 2.75) is 56.1 Å². The number of hydrogen-bond donors (Lipinski definition) is 1. The first-order valence-electron chi connectivity index (χ1n) is 13.8. The van der Waals surface area contributed by atoms with E-state index in [1.807, 2.05) is 24.3 Å². The van der Waals surface area contributed by atoms with E-state index >= 15 is 0 Å². The van der Waals surface area contributed by atoms with Gasteiger partial charge in [0.2, 0.25) is 11.8 Å². The number of ether oxygens (including phenoxy) is 2. The molecule has 0 saturated heterocycles. The average molecular weight is 659 g/mol. The Kier molecular flexibility index (Phi) is 10.5. The van der Waals surface area contributed by atoms with Crippen molar-refractivity contribution < 1.29 is 27.5 Å². The van der Waals surface area contributed by atoms with Gasteiger partial charge in [0.1, 0.15) is 12.6 Å². The molecule has 0 spiro atoms. The van der Waals surface area contributed by atoms with E-state index in [0.29, 0.717) is 11.5 Å². The topological polar surface area (TPSA) is 105 Å². The van der Waals surface area contributed by atoms with Gasteiger partial charge in [-0.15, -0.1) is 0 Å². The SMILES string of the molecule is COc1ccc(N(CC(=O)N(Cc2cccc(Br)c2)[C@H](C)C(=O)NC2CCCC2)S(=O)(=O)c2ccccc2)cc1OC. The molecule has 2 amide bonds. The number of rotatable bonds is 12. The first-order chi connectivity index (χ1) is 20.1. The Morgan fingerprint density at radius 3 is 2.29 bits per heavy atom. The number of hydrogen-bond acceptors (Lipinski definition) is 6. The van der Waals surface area contributed by atoms with Crippen LogP contribution in [-0.2, 0) is 26.2 Å². The minimum atomic E-state index is -4.19. The van der Waals surface area contributed by atoms with E-state index < -0.39 is 28.5 Å². The highest BCUT2D eigenvalue weighted by molar-refractivity contribution is 9.10. The third-order valence-corrected chi connectivity index (χ3v) is 9.66. The van der Waals surface area contributed by atoms with Gasteiger partial charge in [-0.2, -0.15) is 0 Å². The van der Waals surface area contributed by atoms with Crippen LogP contribution in [0.1, 0.15) is 38.2 Å². The molecule has 1 fully saturated rings. The zero-order valence-corrected chi connectivity index (χ0v) is 26.4. The van der Waals surface area contributed by atoms with Crippen LogP contribution >= 0.6 is 15.9 Å². The summed E-state index contributed by atoms with van der Waals surface area (Å²) in [6.45, 7) is 1.25. The molecule has 42 heavy (non-hydrogen) atoms. The molecule has 1 saturated carbocycles. The standard InChI is InChI=1S/C31H36BrN3O6S/c1-22(31(37)33-25-12-7-8-13-25)34(20-23-10-9-11-24(32)18-23)30(36)21-35(42(38,39)27-14-5-4-6-15-27)26-16-17-28(40-2)29(19-26)41-3/h4-6,9-11,14-19,22,25H,7-8,12-13,20-21H2,1-3H3,(H,33,37)/t22-/m1/s1. The monoisotopic (exact) mass is 657 g/mol. The van der Waals surface area contributed by atoms with Crippen molar-refractivity contribution >= 4 is 43.5 Å². The van der Waals surface area contributed by atoms with E-state index in [4.69, 9.17) is 9.47 Å². The highest BCUT2D eigenvalue weighted by Gasteiger charge is 2.33. The van der Waals surface area contributed by atoms with Crippen molar-refractivity contribution in [3.05, 3.63) is 82.8 Å². The van der Waals surface area contributed by atoms with E-state index in [9.17, 15) is 18.0 Å². The maximum absolute atomic E-state index is 14.1. The van der Waals surface area contributed by atoms with Gasteiger partial charge in [0.25, 0.3) is 10.0 Å². The Balaban J connectivity index is 1.72. The molecule has 0 aromatic heterocycles. The Labute approximate surface area is 256 Å². The van der Waals surface area contributed by atoms with E-state index in [0.717, 1.165) is 40.0 Å². The summed E-state index contributed by atoms with van der Waals surface area (Å²) in [4.78, 5) is 28.9. The summed E-state index contributed by atoms with van der Waals surface area (Å²) in [6.07, 6.45) is 3.91. The summed E-state index contributed by atoms with van der Waals surface area (Å²) < 4.78 is 40.6. The molecule has 0 unspecified atom stereocenters. The number of carbonyl (C=O) groups excluding carboxylic acids is 2. The molecule has 4 rings (SSSR count). The highest BCUT2D eigenvalue weighted by Crippen LogP contribution is 2.34. The van der Waals surface area contributed by atoms with Crippen molar-refractivity contribution in [3.63, 3.8) is 0 Å². The van der Waals surface area contributed by atoms with Gasteiger partial charge in [-0.25, -0.2) is 8.42 Å². The summed E-state index contributed by atoms with van der Waals surface area (Å²) in [5, 5.41) is 3.08. The number of nitrogens with zero attached hydrogens (tertiary/aromatic N) is 2. The van der Waals surface area contributed by atoms with E-state index in [1.165, 1.54) is 37.3 Å². The van der Waals surface area contributed by atoms with Gasteiger partial charge in [0, 0.05) is 23.1 Å². The molecule has 1 aliphatic carbocycles. The molecule has 0 aliphatic heterocycles. The van der Waals surface area contributed by atoms with E-state index in [1.54, 1.807) is 37.3 Å². The number of halogens is 1. The number of amides is 2. The third kappa shape index (κ3) is 7.43. The molecule has 0 bridgehead atoms. The molecule has 0 radical (unpaired) electrons. The average Bonchev–Trinajstić information content (AvgIpc) is 3.51. The number of benzene rings is 3. The Bertz CT molecular complexity index is 1500. The highest BCUT2D eigenvalue weighted by atomic mass is 79.9. The molecular formula is C31H36BrN3O6S. The van der Waals surface area contributed by atoms with Crippen LogP contribution < -0.4 is 19.1 Å². The van der Waals surface area contributed by atoms with Gasteiger partial charge >= 0.3 is 0 Å². The zero-order chi connectivity index (χ0) is 30.3. The molecule has 1 aliphatic rings. The maximum atomic E-state index is 14.1. The van der Waals surface area contributed by atoms with Crippen molar-refractivity contribution in [3.8, 4) is 11.5 Å². The summed E-state index contributed by atoms with van der Waals surface area (Å²) in [7, 11) is -1.25. The molecule has 11 heteroatoms. The first-order valence-corrected chi connectivity index (χ1v) is 16.0. The smallest absolute Gasteiger partial charge is 0.264 e. The van der Waals surface area contributed by atoms with E-state index in [2.05, 4.69) is 21.2 Å². The van der Waals surface area contributed by atoms with Crippen molar-refractivity contribution in [2.75, 3.05) is 25.1 Å². The molecule has 1 N–H and O–H groups in total.